The Hall–Kier alpha value is -1.19. The Morgan fingerprint density at radius 3 is 2.17 bits per heavy atom. The van der Waals surface area contributed by atoms with Gasteiger partial charge in [0, 0.05) is 0 Å². The van der Waals surface area contributed by atoms with Crippen LogP contribution in [-0.2, 0) is 9.47 Å². The first-order valence-electron chi connectivity index (χ1n) is 3.94. The Morgan fingerprint density at radius 2 is 1.75 bits per heavy atom. The first-order chi connectivity index (χ1) is 5.63. The highest BCUT2D eigenvalue weighted by Gasteiger charge is 2.05. The Bertz CT molecular complexity index is 187. The fourth-order valence-corrected chi connectivity index (χ4v) is 0.628. The predicted molar refractivity (Wildman–Crippen MR) is 47.9 cm³/mol. The number of ether oxygens (including phenoxy) is 2. The van der Waals surface area contributed by atoms with Gasteiger partial charge in [-0.05, 0) is 20.8 Å². The molecule has 0 aromatic heterocycles. The van der Waals surface area contributed by atoms with Gasteiger partial charge < -0.3 is 15.2 Å². The van der Waals surface area contributed by atoms with Crippen molar-refractivity contribution in [3.05, 3.63) is 11.5 Å². The monoisotopic (exact) mass is 172 g/mol. The van der Waals surface area contributed by atoms with Crippen molar-refractivity contribution in [3.8, 4) is 0 Å². The molecule has 12 heavy (non-hydrogen) atoms. The standard InChI is InChI=1S/C8H16N2O2/c1-4-11-7(9)6(3)8(10)12-5-2/h9H,4-5,10H2,1-3H3/b8-6+,9-7?. The van der Waals surface area contributed by atoms with Crippen LogP contribution >= 0.6 is 0 Å². The van der Waals surface area contributed by atoms with E-state index in [1.807, 2.05) is 13.8 Å². The van der Waals surface area contributed by atoms with E-state index < -0.39 is 0 Å². The van der Waals surface area contributed by atoms with E-state index >= 15 is 0 Å². The number of nitrogens with two attached hydrogens (primary N) is 1. The van der Waals surface area contributed by atoms with Crippen LogP contribution < -0.4 is 5.73 Å². The lowest BCUT2D eigenvalue weighted by molar-refractivity contribution is 0.222. The highest BCUT2D eigenvalue weighted by atomic mass is 16.5. The minimum absolute atomic E-state index is 0.0726. The molecule has 0 saturated heterocycles. The summed E-state index contributed by atoms with van der Waals surface area (Å²) in [4.78, 5) is 0. The summed E-state index contributed by atoms with van der Waals surface area (Å²) in [5, 5.41) is 7.36. The quantitative estimate of drug-likeness (QED) is 0.380. The molecule has 0 amide bonds. The maximum atomic E-state index is 7.36. The van der Waals surface area contributed by atoms with Crippen LogP contribution in [0.4, 0.5) is 0 Å². The minimum atomic E-state index is 0.0726. The Morgan fingerprint density at radius 1 is 1.25 bits per heavy atom. The molecule has 0 bridgehead atoms. The molecule has 3 N–H and O–H groups in total. The summed E-state index contributed by atoms with van der Waals surface area (Å²) in [7, 11) is 0. The average molecular weight is 172 g/mol. The van der Waals surface area contributed by atoms with E-state index in [1.54, 1.807) is 6.92 Å². The molecule has 0 aliphatic heterocycles. The van der Waals surface area contributed by atoms with Crippen molar-refractivity contribution in [2.45, 2.75) is 20.8 Å². The Kier molecular flexibility index (Phi) is 4.92. The molecule has 0 rings (SSSR count). The van der Waals surface area contributed by atoms with Crippen LogP contribution in [0.25, 0.3) is 0 Å². The van der Waals surface area contributed by atoms with Crippen LogP contribution in [0.5, 0.6) is 0 Å². The first-order valence-corrected chi connectivity index (χ1v) is 3.94. The summed E-state index contributed by atoms with van der Waals surface area (Å²) in [6.07, 6.45) is 0. The first kappa shape index (κ1) is 10.8. The third-order valence-electron chi connectivity index (χ3n) is 1.30. The molecule has 0 radical (unpaired) electrons. The minimum Gasteiger partial charge on any atom is -0.479 e. The number of hydrogen-bond acceptors (Lipinski definition) is 4. The molecular formula is C8H16N2O2. The maximum Gasteiger partial charge on any atom is 0.214 e. The van der Waals surface area contributed by atoms with Crippen molar-refractivity contribution < 1.29 is 9.47 Å². The summed E-state index contributed by atoms with van der Waals surface area (Å²) >= 11 is 0. The Labute approximate surface area is 72.9 Å². The van der Waals surface area contributed by atoms with E-state index in [0.717, 1.165) is 0 Å². The molecule has 0 spiro atoms. The van der Waals surface area contributed by atoms with Gasteiger partial charge in [0.05, 0.1) is 18.8 Å². The second kappa shape index (κ2) is 5.46. The topological polar surface area (TPSA) is 68.3 Å². The van der Waals surface area contributed by atoms with Crippen LogP contribution in [0.15, 0.2) is 11.5 Å². The molecule has 4 heteroatoms. The van der Waals surface area contributed by atoms with E-state index in [0.29, 0.717) is 18.8 Å². The van der Waals surface area contributed by atoms with E-state index in [1.165, 1.54) is 0 Å². The summed E-state index contributed by atoms with van der Waals surface area (Å²) in [5.74, 6) is 0.333. The molecule has 0 aromatic carbocycles. The van der Waals surface area contributed by atoms with Crippen LogP contribution in [-0.4, -0.2) is 19.1 Å². The molecule has 0 aliphatic carbocycles. The van der Waals surface area contributed by atoms with Gasteiger partial charge in [-0.3, -0.25) is 5.41 Å². The van der Waals surface area contributed by atoms with E-state index in [-0.39, 0.29) is 11.8 Å². The fourth-order valence-electron chi connectivity index (χ4n) is 0.628. The van der Waals surface area contributed by atoms with Crippen molar-refractivity contribution in [1.29, 1.82) is 5.41 Å². The Balaban J connectivity index is 4.22. The molecule has 0 aromatic rings. The van der Waals surface area contributed by atoms with Gasteiger partial charge in [-0.25, -0.2) is 0 Å². The second-order valence-corrected chi connectivity index (χ2v) is 2.18. The molecule has 0 heterocycles. The molecule has 0 atom stereocenters. The zero-order valence-electron chi connectivity index (χ0n) is 7.81. The highest BCUT2D eigenvalue weighted by Crippen LogP contribution is 2.02. The molecule has 70 valence electrons. The summed E-state index contributed by atoms with van der Waals surface area (Å²) in [5.41, 5.74) is 6.04. The zero-order valence-corrected chi connectivity index (χ0v) is 7.81. The lowest BCUT2D eigenvalue weighted by Gasteiger charge is -2.08. The van der Waals surface area contributed by atoms with Gasteiger partial charge in [-0.1, -0.05) is 0 Å². The average Bonchev–Trinajstić information content (AvgIpc) is 2.04. The van der Waals surface area contributed by atoms with Crippen molar-refractivity contribution in [3.63, 3.8) is 0 Å². The van der Waals surface area contributed by atoms with E-state index in [2.05, 4.69) is 0 Å². The van der Waals surface area contributed by atoms with Crippen molar-refractivity contribution in [2.24, 2.45) is 5.73 Å². The fraction of sp³-hybridized carbons (Fsp3) is 0.625. The molecule has 4 nitrogen and oxygen atoms in total. The van der Waals surface area contributed by atoms with Crippen LogP contribution in [0.2, 0.25) is 0 Å². The normalized spacial score (nSPS) is 11.9. The van der Waals surface area contributed by atoms with Crippen molar-refractivity contribution in [1.82, 2.24) is 0 Å². The van der Waals surface area contributed by atoms with E-state index in [4.69, 9.17) is 20.6 Å². The zero-order chi connectivity index (χ0) is 9.56. The van der Waals surface area contributed by atoms with Gasteiger partial charge in [0.1, 0.15) is 0 Å². The third-order valence-corrected chi connectivity index (χ3v) is 1.30. The SMILES string of the molecule is CCOC(=N)/C(C)=C(\N)OCC. The van der Waals surface area contributed by atoms with Gasteiger partial charge in [0.2, 0.25) is 5.90 Å². The molecule has 0 saturated carbocycles. The number of rotatable bonds is 4. The maximum absolute atomic E-state index is 7.36. The lowest BCUT2D eigenvalue weighted by Crippen LogP contribution is -2.13. The van der Waals surface area contributed by atoms with Crippen molar-refractivity contribution >= 4 is 5.90 Å². The van der Waals surface area contributed by atoms with Gasteiger partial charge >= 0.3 is 0 Å². The van der Waals surface area contributed by atoms with Crippen LogP contribution in [0, 0.1) is 5.41 Å². The molecule has 0 fully saturated rings. The van der Waals surface area contributed by atoms with Gasteiger partial charge in [-0.15, -0.1) is 0 Å². The molecular weight excluding hydrogens is 156 g/mol. The second-order valence-electron chi connectivity index (χ2n) is 2.18. The number of hydrogen-bond donors (Lipinski definition) is 2. The summed E-state index contributed by atoms with van der Waals surface area (Å²) in [6, 6.07) is 0. The lowest BCUT2D eigenvalue weighted by atomic mass is 10.3. The smallest absolute Gasteiger partial charge is 0.214 e. The molecule has 0 unspecified atom stereocenters. The third kappa shape index (κ3) is 3.27. The summed E-state index contributed by atoms with van der Waals surface area (Å²) in [6.45, 7) is 6.32. The molecule has 0 aliphatic rings. The van der Waals surface area contributed by atoms with Gasteiger partial charge in [0.25, 0.3) is 0 Å². The van der Waals surface area contributed by atoms with Gasteiger partial charge in [-0.2, -0.15) is 0 Å². The van der Waals surface area contributed by atoms with Gasteiger partial charge in [0.15, 0.2) is 5.88 Å². The van der Waals surface area contributed by atoms with E-state index in [9.17, 15) is 0 Å². The number of nitrogens with one attached hydrogen (secondary N) is 1. The van der Waals surface area contributed by atoms with Crippen molar-refractivity contribution in [2.75, 3.05) is 13.2 Å². The van der Waals surface area contributed by atoms with Crippen LogP contribution in [0.3, 0.4) is 0 Å². The van der Waals surface area contributed by atoms with Crippen LogP contribution in [0.1, 0.15) is 20.8 Å². The summed E-state index contributed by atoms with van der Waals surface area (Å²) < 4.78 is 9.94. The predicted octanol–water partition coefficient (Wildman–Crippen LogP) is 1.23. The highest BCUT2D eigenvalue weighted by molar-refractivity contribution is 5.90. The largest absolute Gasteiger partial charge is 0.479 e.